The molecule has 0 spiro atoms. The third kappa shape index (κ3) is 5.70. The van der Waals surface area contributed by atoms with Gasteiger partial charge in [0.2, 0.25) is 5.95 Å². The molecular weight excluding hydrogens is 540 g/mol. The van der Waals surface area contributed by atoms with Crippen LogP contribution in [-0.4, -0.2) is 50.6 Å². The Morgan fingerprint density at radius 2 is 1.98 bits per heavy atom. The molecule has 42 heavy (non-hydrogen) atoms. The summed E-state index contributed by atoms with van der Waals surface area (Å²) in [4.78, 5) is 11.7. The maximum atomic E-state index is 15.1. The van der Waals surface area contributed by atoms with Gasteiger partial charge in [0.15, 0.2) is 0 Å². The fourth-order valence-corrected chi connectivity index (χ4v) is 5.95. The summed E-state index contributed by atoms with van der Waals surface area (Å²) in [5, 5.41) is 32.0. The zero-order valence-electron chi connectivity index (χ0n) is 23.6. The van der Waals surface area contributed by atoms with Crippen molar-refractivity contribution >= 4 is 23.4 Å². The molecule has 11 heteroatoms. The number of aromatic nitrogens is 3. The number of imidazole rings is 1. The second-order valence-corrected chi connectivity index (χ2v) is 11.5. The Morgan fingerprint density at radius 1 is 1.26 bits per heavy atom. The van der Waals surface area contributed by atoms with E-state index in [0.29, 0.717) is 44.1 Å². The number of H-pyrrole nitrogens is 1. The second-order valence-electron chi connectivity index (χ2n) is 11.5. The third-order valence-corrected chi connectivity index (χ3v) is 8.92. The normalized spacial score (nSPS) is 25.7. The van der Waals surface area contributed by atoms with Crippen molar-refractivity contribution in [1.29, 1.82) is 10.7 Å². The summed E-state index contributed by atoms with van der Waals surface area (Å²) in [6.45, 7) is 4.48. The number of nitrogens with one attached hydrogen (secondary N) is 3. The van der Waals surface area contributed by atoms with Crippen LogP contribution in [0.15, 0.2) is 42.9 Å². The van der Waals surface area contributed by atoms with Gasteiger partial charge >= 0.3 is 0 Å². The second kappa shape index (κ2) is 11.7. The number of hydrogen-bond donors (Lipinski definition) is 5. The van der Waals surface area contributed by atoms with Crippen LogP contribution < -0.4 is 11.1 Å². The highest BCUT2D eigenvalue weighted by molar-refractivity contribution is 6.09. The Labute approximate surface area is 243 Å². The number of aromatic amines is 1. The number of rotatable bonds is 7. The number of nitrogens with zero attached hydrogens (tertiary/aromatic N) is 3. The first kappa shape index (κ1) is 29.5. The van der Waals surface area contributed by atoms with Crippen molar-refractivity contribution in [1.82, 2.24) is 15.0 Å². The summed E-state index contributed by atoms with van der Waals surface area (Å²) in [5.74, 6) is -1.22. The smallest absolute Gasteiger partial charge is 0.205 e. The molecule has 3 heterocycles. The Bertz CT molecular complexity index is 1500. The van der Waals surface area contributed by atoms with Crippen molar-refractivity contribution in [3.05, 3.63) is 76.9 Å². The standard InChI is InChI=1S/C31H35F2N7O2/c1-18-11-19(12-27(36)30(18,2)41)22-5-8-37-16-26(22)40-29-38-15-21(39-29)3-4-25(35)28-23(32)13-20(14-24(28)33)31(17-34)6-9-42-10-7-31/h3-5,8,13-16,18-19,27,35,41H,6-7,9-12,36H2,1-2H3,(H2,38,39,40)/b4-3-,35-25?/t18-,19+,27+,30+/m0/s1. The molecule has 1 saturated carbocycles. The molecule has 1 aromatic carbocycles. The van der Waals surface area contributed by atoms with Crippen molar-refractivity contribution < 1.29 is 18.6 Å². The molecule has 3 aromatic rings. The monoisotopic (exact) mass is 575 g/mol. The molecule has 5 rings (SSSR count). The molecule has 2 aliphatic rings. The van der Waals surface area contributed by atoms with E-state index >= 15 is 8.78 Å². The summed E-state index contributed by atoms with van der Waals surface area (Å²) in [6.07, 6.45) is 9.87. The van der Waals surface area contributed by atoms with Crippen LogP contribution in [0.5, 0.6) is 0 Å². The van der Waals surface area contributed by atoms with Crippen molar-refractivity contribution in [2.45, 2.75) is 62.5 Å². The molecular formula is C31H35F2N7O2. The van der Waals surface area contributed by atoms with Crippen LogP contribution in [0, 0.1) is 34.3 Å². The van der Waals surface area contributed by atoms with Gasteiger partial charge < -0.3 is 31.3 Å². The number of aliphatic hydroxyl groups is 1. The number of pyridine rings is 1. The van der Waals surface area contributed by atoms with Crippen LogP contribution in [-0.2, 0) is 10.2 Å². The highest BCUT2D eigenvalue weighted by Crippen LogP contribution is 2.43. The Hall–Kier alpha value is -3.98. The molecule has 9 nitrogen and oxygen atoms in total. The van der Waals surface area contributed by atoms with E-state index in [1.807, 2.05) is 13.0 Å². The zero-order chi connectivity index (χ0) is 30.1. The van der Waals surface area contributed by atoms with Gasteiger partial charge in [-0.3, -0.25) is 4.98 Å². The first-order valence-corrected chi connectivity index (χ1v) is 14.0. The Balaban J connectivity index is 1.30. The summed E-state index contributed by atoms with van der Waals surface area (Å²) in [5.41, 5.74) is 6.11. The number of ether oxygens (including phenoxy) is 1. The van der Waals surface area contributed by atoms with Crippen LogP contribution >= 0.6 is 0 Å². The van der Waals surface area contributed by atoms with E-state index in [4.69, 9.17) is 15.9 Å². The van der Waals surface area contributed by atoms with Gasteiger partial charge in [-0.25, -0.2) is 13.8 Å². The first-order chi connectivity index (χ1) is 20.0. The van der Waals surface area contributed by atoms with Crippen LogP contribution in [0.4, 0.5) is 20.4 Å². The number of nitriles is 1. The van der Waals surface area contributed by atoms with Gasteiger partial charge in [-0.2, -0.15) is 5.26 Å². The van der Waals surface area contributed by atoms with Gasteiger partial charge in [0.25, 0.3) is 0 Å². The van der Waals surface area contributed by atoms with E-state index in [2.05, 4.69) is 26.3 Å². The van der Waals surface area contributed by atoms with E-state index in [-0.39, 0.29) is 29.2 Å². The highest BCUT2D eigenvalue weighted by atomic mass is 19.1. The topological polar surface area (TPSA) is 157 Å². The van der Waals surface area contributed by atoms with Crippen molar-refractivity contribution in [3.8, 4) is 6.07 Å². The van der Waals surface area contributed by atoms with E-state index in [1.54, 1.807) is 19.3 Å². The quantitative estimate of drug-likeness (QED) is 0.246. The minimum atomic E-state index is -1.01. The van der Waals surface area contributed by atoms with E-state index < -0.39 is 28.2 Å². The SMILES string of the molecule is C[C@H]1C[C@@H](c2ccncc2Nc2ncc(/C=C\C(=N)c3c(F)cc(C4(C#N)CCOCC4)cc3F)[nH]2)C[C@@H](N)[C@]1(C)O. The first-order valence-electron chi connectivity index (χ1n) is 14.0. The Kier molecular flexibility index (Phi) is 8.23. The molecule has 0 unspecified atom stereocenters. The molecule has 0 amide bonds. The Morgan fingerprint density at radius 3 is 2.64 bits per heavy atom. The van der Waals surface area contributed by atoms with E-state index in [9.17, 15) is 10.4 Å². The molecule has 220 valence electrons. The minimum Gasteiger partial charge on any atom is -0.388 e. The average Bonchev–Trinajstić information content (AvgIpc) is 3.42. The van der Waals surface area contributed by atoms with E-state index in [1.165, 1.54) is 18.3 Å². The molecule has 0 bridgehead atoms. The van der Waals surface area contributed by atoms with Gasteiger partial charge in [0.1, 0.15) is 11.6 Å². The lowest BCUT2D eigenvalue weighted by Gasteiger charge is -2.44. The summed E-state index contributed by atoms with van der Waals surface area (Å²) in [6, 6.07) is 6.10. The van der Waals surface area contributed by atoms with Crippen LogP contribution in [0.2, 0.25) is 0 Å². The van der Waals surface area contributed by atoms with Gasteiger partial charge in [-0.05, 0) is 85.9 Å². The number of anilines is 2. The summed E-state index contributed by atoms with van der Waals surface area (Å²) >= 11 is 0. The van der Waals surface area contributed by atoms with Crippen LogP contribution in [0.1, 0.15) is 67.8 Å². The molecule has 2 fully saturated rings. The number of allylic oxidation sites excluding steroid dienone is 1. The number of halogens is 2. The van der Waals surface area contributed by atoms with Gasteiger partial charge in [-0.15, -0.1) is 0 Å². The maximum absolute atomic E-state index is 15.1. The number of benzene rings is 1. The van der Waals surface area contributed by atoms with Gasteiger partial charge in [0.05, 0.1) is 52.1 Å². The molecule has 6 N–H and O–H groups in total. The lowest BCUT2D eigenvalue weighted by Crippen LogP contribution is -2.54. The van der Waals surface area contributed by atoms with Crippen molar-refractivity contribution in [2.75, 3.05) is 18.5 Å². The fraction of sp³-hybridized carbons (Fsp3) is 0.419. The molecule has 2 aromatic heterocycles. The van der Waals surface area contributed by atoms with Gasteiger partial charge in [0, 0.05) is 25.5 Å². The van der Waals surface area contributed by atoms with Crippen molar-refractivity contribution in [3.63, 3.8) is 0 Å². The molecule has 0 radical (unpaired) electrons. The third-order valence-electron chi connectivity index (χ3n) is 8.92. The summed E-state index contributed by atoms with van der Waals surface area (Å²) < 4.78 is 35.4. The predicted octanol–water partition coefficient (Wildman–Crippen LogP) is 5.07. The summed E-state index contributed by atoms with van der Waals surface area (Å²) in [7, 11) is 0. The highest BCUT2D eigenvalue weighted by Gasteiger charge is 2.42. The molecule has 4 atom stereocenters. The molecule has 1 aliphatic heterocycles. The minimum absolute atomic E-state index is 0.0168. The lowest BCUT2D eigenvalue weighted by molar-refractivity contribution is -0.0463. The molecule has 1 aliphatic carbocycles. The number of nitrogens with two attached hydrogens (primary N) is 1. The fourth-order valence-electron chi connectivity index (χ4n) is 5.95. The largest absolute Gasteiger partial charge is 0.388 e. The lowest BCUT2D eigenvalue weighted by atomic mass is 9.68. The molecule has 1 saturated heterocycles. The zero-order valence-corrected chi connectivity index (χ0v) is 23.6. The van der Waals surface area contributed by atoms with E-state index in [0.717, 1.165) is 29.8 Å². The predicted molar refractivity (Wildman–Crippen MR) is 155 cm³/mol. The number of hydrogen-bond acceptors (Lipinski definition) is 8. The van der Waals surface area contributed by atoms with Crippen LogP contribution in [0.3, 0.4) is 0 Å². The maximum Gasteiger partial charge on any atom is 0.205 e. The average molecular weight is 576 g/mol. The van der Waals surface area contributed by atoms with Gasteiger partial charge in [-0.1, -0.05) is 6.92 Å². The van der Waals surface area contributed by atoms with Crippen molar-refractivity contribution in [2.24, 2.45) is 11.7 Å². The van der Waals surface area contributed by atoms with Crippen LogP contribution in [0.25, 0.3) is 6.08 Å².